The fraction of sp³-hybridized carbons (Fsp3) is 0.282. The van der Waals surface area contributed by atoms with Gasteiger partial charge in [-0.3, -0.25) is 4.55 Å². The van der Waals surface area contributed by atoms with E-state index in [9.17, 15) is 12.8 Å². The highest BCUT2D eigenvalue weighted by Crippen LogP contribution is 2.31. The summed E-state index contributed by atoms with van der Waals surface area (Å²) in [5.41, 5.74) is 4.42. The van der Waals surface area contributed by atoms with Gasteiger partial charge in [0.15, 0.2) is 0 Å². The van der Waals surface area contributed by atoms with Crippen molar-refractivity contribution >= 4 is 44.3 Å². The lowest BCUT2D eigenvalue weighted by molar-refractivity contribution is 0.303. The van der Waals surface area contributed by atoms with Crippen molar-refractivity contribution in [2.75, 3.05) is 23.9 Å². The maximum Gasteiger partial charge on any atom is 0.294 e. The van der Waals surface area contributed by atoms with Crippen molar-refractivity contribution in [2.45, 2.75) is 53.7 Å². The van der Waals surface area contributed by atoms with Gasteiger partial charge in [0.25, 0.3) is 10.1 Å². The highest BCUT2D eigenvalue weighted by Gasteiger charge is 2.11. The number of allylic oxidation sites excluding steroid dienone is 2. The van der Waals surface area contributed by atoms with Crippen molar-refractivity contribution in [3.63, 3.8) is 0 Å². The quantitative estimate of drug-likeness (QED) is 0.0577. The van der Waals surface area contributed by atoms with Gasteiger partial charge in [-0.05, 0) is 98.0 Å². The first kappa shape index (κ1) is 40.9. The van der Waals surface area contributed by atoms with Gasteiger partial charge >= 0.3 is 0 Å². The van der Waals surface area contributed by atoms with E-state index in [2.05, 4.69) is 47.3 Å². The summed E-state index contributed by atoms with van der Waals surface area (Å²) in [6.45, 7) is 13.0. The molecule has 272 valence electrons. The van der Waals surface area contributed by atoms with E-state index in [1.807, 2.05) is 73.3 Å². The molecule has 5 aromatic rings. The number of anilines is 2. The van der Waals surface area contributed by atoms with E-state index in [0.717, 1.165) is 68.9 Å². The van der Waals surface area contributed by atoms with Gasteiger partial charge in [-0.2, -0.15) is 20.2 Å². The Hall–Kier alpha value is -4.49. The van der Waals surface area contributed by atoms with E-state index >= 15 is 0 Å². The number of halogens is 1. The third kappa shape index (κ3) is 13.3. The number of aryl methyl sites for hydroxylation is 1. The number of fused-ring (bicyclic) bond motifs is 1. The molecule has 3 aromatic carbocycles. The number of furan rings is 1. The minimum Gasteiger partial charge on any atom is -0.489 e. The van der Waals surface area contributed by atoms with Crippen LogP contribution in [0.1, 0.15) is 50.5 Å². The fourth-order valence-corrected chi connectivity index (χ4v) is 5.37. The number of aromatic nitrogens is 2. The lowest BCUT2D eigenvalue weighted by Gasteiger charge is -2.13. The fourth-order valence-electron chi connectivity index (χ4n) is 4.51. The molecule has 12 heteroatoms. The maximum absolute atomic E-state index is 13.5. The molecule has 2 aromatic heterocycles. The SMILES string of the molecule is C=C/C(=C\C)S(=O)(=O)O.CCCC.CSCCNCc1ccc(-c2ccc3ncnc(Nc4ccc(OCc5cccc(F)c5)c(C)c4)c3c2)o1. The summed E-state index contributed by atoms with van der Waals surface area (Å²) in [5, 5.41) is 7.71. The van der Waals surface area contributed by atoms with Crippen LogP contribution in [-0.2, 0) is 23.3 Å². The van der Waals surface area contributed by atoms with E-state index in [4.69, 9.17) is 13.7 Å². The van der Waals surface area contributed by atoms with Crippen molar-refractivity contribution < 1.29 is 26.5 Å². The number of ether oxygens (including phenoxy) is 1. The Bertz CT molecular complexity index is 2000. The average molecular weight is 735 g/mol. The molecule has 51 heavy (non-hydrogen) atoms. The van der Waals surface area contributed by atoms with Gasteiger partial charge in [0.05, 0.1) is 17.0 Å². The zero-order chi connectivity index (χ0) is 37.2. The summed E-state index contributed by atoms with van der Waals surface area (Å²) in [6, 6.07) is 22.3. The molecular weight excluding hydrogens is 688 g/mol. The van der Waals surface area contributed by atoms with Crippen LogP contribution in [0.3, 0.4) is 0 Å². The highest BCUT2D eigenvalue weighted by molar-refractivity contribution is 7.98. The predicted octanol–water partition coefficient (Wildman–Crippen LogP) is 9.88. The number of nitrogens with zero attached hydrogens (tertiary/aromatic N) is 2. The Morgan fingerprint density at radius 1 is 1.06 bits per heavy atom. The van der Waals surface area contributed by atoms with E-state index in [-0.39, 0.29) is 10.7 Å². The molecule has 0 radical (unpaired) electrons. The standard InChI is InChI=1S/C30H29FN4O2S.C5H8O3S.C4H10/c1-20-14-24(7-10-28(20)36-18-21-4-3-5-23(31)15-21)35-30-26-16-22(6-9-27(26)33-19-34-30)29-11-8-25(37-29)17-32-12-13-38-2;1-3-5(4-2)9(6,7)8;1-3-4-2/h3-11,14-16,19,32H,12-13,17-18H2,1-2H3,(H,33,34,35);3-4H,1H2,2H3,(H,6,7,8);3-4H2,1-2H3/b;5-4+;. The summed E-state index contributed by atoms with van der Waals surface area (Å²) < 4.78 is 54.2. The van der Waals surface area contributed by atoms with Gasteiger partial charge in [-0.15, -0.1) is 0 Å². The smallest absolute Gasteiger partial charge is 0.294 e. The molecule has 0 aliphatic carbocycles. The van der Waals surface area contributed by atoms with Crippen LogP contribution in [0.5, 0.6) is 5.75 Å². The molecule has 0 amide bonds. The second-order valence-corrected chi connectivity index (χ2v) is 13.7. The molecule has 0 atom stereocenters. The number of unbranched alkanes of at least 4 members (excludes halogenated alkanes) is 1. The van der Waals surface area contributed by atoms with Gasteiger partial charge in [0.2, 0.25) is 0 Å². The van der Waals surface area contributed by atoms with Gasteiger partial charge in [-0.1, -0.05) is 51.5 Å². The Morgan fingerprint density at radius 2 is 1.84 bits per heavy atom. The predicted molar refractivity (Wildman–Crippen MR) is 209 cm³/mol. The molecule has 0 aliphatic rings. The molecule has 5 rings (SSSR count). The van der Waals surface area contributed by atoms with Crippen LogP contribution in [0.15, 0.2) is 107 Å². The Labute approximate surface area is 305 Å². The van der Waals surface area contributed by atoms with Crippen LogP contribution in [0.2, 0.25) is 0 Å². The number of hydrogen-bond acceptors (Lipinski definition) is 9. The average Bonchev–Trinajstić information content (AvgIpc) is 3.59. The lowest BCUT2D eigenvalue weighted by Crippen LogP contribution is -2.15. The molecular formula is C39H47FN4O5S2. The van der Waals surface area contributed by atoms with Gasteiger partial charge < -0.3 is 19.8 Å². The Morgan fingerprint density at radius 3 is 2.47 bits per heavy atom. The molecule has 0 unspecified atom stereocenters. The molecule has 9 nitrogen and oxygen atoms in total. The second-order valence-electron chi connectivity index (χ2n) is 11.3. The Balaban J connectivity index is 0.000000462. The van der Waals surface area contributed by atoms with Crippen molar-refractivity contribution in [1.29, 1.82) is 0 Å². The number of nitrogens with one attached hydrogen (secondary N) is 2. The zero-order valence-corrected chi connectivity index (χ0v) is 31.4. The minimum absolute atomic E-state index is 0.164. The number of thioether (sulfide) groups is 1. The van der Waals surface area contributed by atoms with Crippen molar-refractivity contribution in [3.05, 3.63) is 125 Å². The summed E-state index contributed by atoms with van der Waals surface area (Å²) in [4.78, 5) is 8.77. The lowest BCUT2D eigenvalue weighted by atomic mass is 10.1. The molecule has 3 N–H and O–H groups in total. The molecule has 0 bridgehead atoms. The first-order chi connectivity index (χ1) is 24.5. The number of rotatable bonds is 14. The van der Waals surface area contributed by atoms with E-state index in [1.54, 1.807) is 12.4 Å². The summed E-state index contributed by atoms with van der Waals surface area (Å²) >= 11 is 1.82. The summed E-state index contributed by atoms with van der Waals surface area (Å²) in [5.74, 6) is 3.95. The summed E-state index contributed by atoms with van der Waals surface area (Å²) in [6.07, 6.45) is 8.64. The van der Waals surface area contributed by atoms with Crippen molar-refractivity contribution in [2.24, 2.45) is 0 Å². The van der Waals surface area contributed by atoms with Gasteiger partial charge in [0.1, 0.15) is 41.8 Å². The molecule has 0 aliphatic heterocycles. The van der Waals surface area contributed by atoms with Crippen molar-refractivity contribution in [1.82, 2.24) is 15.3 Å². The molecule has 0 spiro atoms. The number of hydrogen-bond donors (Lipinski definition) is 3. The highest BCUT2D eigenvalue weighted by atomic mass is 32.2. The molecule has 2 heterocycles. The van der Waals surface area contributed by atoms with E-state index in [1.165, 1.54) is 38.0 Å². The van der Waals surface area contributed by atoms with Gasteiger partial charge in [-0.25, -0.2) is 14.4 Å². The first-order valence-corrected chi connectivity index (χ1v) is 19.4. The van der Waals surface area contributed by atoms with E-state index in [0.29, 0.717) is 19.0 Å². The van der Waals surface area contributed by atoms with Crippen LogP contribution in [0, 0.1) is 12.7 Å². The molecule has 0 saturated heterocycles. The largest absolute Gasteiger partial charge is 0.489 e. The van der Waals surface area contributed by atoms with Gasteiger partial charge in [0, 0.05) is 28.9 Å². The maximum atomic E-state index is 13.5. The Kier molecular flexibility index (Phi) is 16.9. The van der Waals surface area contributed by atoms with Crippen LogP contribution in [0.25, 0.3) is 22.2 Å². The molecule has 0 fully saturated rings. The summed E-state index contributed by atoms with van der Waals surface area (Å²) in [7, 11) is -4.02. The van der Waals surface area contributed by atoms with Crippen LogP contribution in [0.4, 0.5) is 15.9 Å². The first-order valence-electron chi connectivity index (χ1n) is 16.6. The molecule has 0 saturated carbocycles. The van der Waals surface area contributed by atoms with Crippen molar-refractivity contribution in [3.8, 4) is 17.1 Å². The second kappa shape index (κ2) is 21.0. The zero-order valence-electron chi connectivity index (χ0n) is 29.8. The van der Waals surface area contributed by atoms with Crippen LogP contribution >= 0.6 is 11.8 Å². The van der Waals surface area contributed by atoms with Crippen LogP contribution in [-0.4, -0.2) is 41.5 Å². The van der Waals surface area contributed by atoms with Crippen LogP contribution < -0.4 is 15.4 Å². The third-order valence-corrected chi connectivity index (χ3v) is 8.98. The topological polar surface area (TPSA) is 127 Å². The third-order valence-electron chi connectivity index (χ3n) is 7.37. The monoisotopic (exact) mass is 734 g/mol. The number of benzene rings is 3. The van der Waals surface area contributed by atoms with E-state index < -0.39 is 10.1 Å². The normalized spacial score (nSPS) is 11.2. The minimum atomic E-state index is -4.02.